The van der Waals surface area contributed by atoms with Crippen molar-refractivity contribution in [2.24, 2.45) is 0 Å². The Morgan fingerprint density at radius 3 is 2.77 bits per heavy atom. The van der Waals surface area contributed by atoms with E-state index in [0.717, 1.165) is 53.8 Å². The van der Waals surface area contributed by atoms with Gasteiger partial charge >= 0.3 is 0 Å². The third-order valence-corrected chi connectivity index (χ3v) is 7.68. The first-order chi connectivity index (χ1) is 15.1. The highest BCUT2D eigenvalue weighted by Gasteiger charge is 2.20. The van der Waals surface area contributed by atoms with Crippen LogP contribution in [0.2, 0.25) is 0 Å². The summed E-state index contributed by atoms with van der Waals surface area (Å²) in [6.07, 6.45) is 8.65. The first-order valence-electron chi connectivity index (χ1n) is 11.3. The number of anilines is 2. The molecule has 0 bridgehead atoms. The maximum Gasteiger partial charge on any atom is 0.262 e. The molecule has 0 saturated carbocycles. The molecule has 0 spiro atoms. The summed E-state index contributed by atoms with van der Waals surface area (Å²) in [7, 11) is 0. The molecule has 0 unspecified atom stereocenters. The number of aromatic nitrogens is 2. The number of carbonyl (C=O) groups excluding carboxylic acids is 1. The highest BCUT2D eigenvalue weighted by molar-refractivity contribution is 7.18. The lowest BCUT2D eigenvalue weighted by molar-refractivity contribution is -0.116. The van der Waals surface area contributed by atoms with Gasteiger partial charge in [-0.15, -0.1) is 11.3 Å². The van der Waals surface area contributed by atoms with Gasteiger partial charge in [-0.25, -0.2) is 4.98 Å². The molecule has 162 valence electrons. The number of hydrogen-bond acceptors (Lipinski definition) is 5. The van der Waals surface area contributed by atoms with Crippen LogP contribution in [0, 0.1) is 6.92 Å². The SMILES string of the molecule is Cc1cc(N2CCCC2)ccc1NC(=O)CCn1cnc2sc3c(c2c1=O)CCCC3. The van der Waals surface area contributed by atoms with Gasteiger partial charge in [0.2, 0.25) is 5.91 Å². The molecule has 3 aromatic rings. The van der Waals surface area contributed by atoms with Gasteiger partial charge < -0.3 is 10.2 Å². The average Bonchev–Trinajstić information content (AvgIpc) is 3.43. The van der Waals surface area contributed by atoms with Crippen LogP contribution in [0.25, 0.3) is 10.2 Å². The second-order valence-electron chi connectivity index (χ2n) is 8.63. The van der Waals surface area contributed by atoms with E-state index >= 15 is 0 Å². The van der Waals surface area contributed by atoms with Crippen LogP contribution in [0.1, 0.15) is 48.1 Å². The predicted molar refractivity (Wildman–Crippen MR) is 126 cm³/mol. The molecular formula is C24H28N4O2S. The Bertz CT molecular complexity index is 1190. The Morgan fingerprint density at radius 2 is 1.97 bits per heavy atom. The minimum Gasteiger partial charge on any atom is -0.372 e. The highest BCUT2D eigenvalue weighted by Crippen LogP contribution is 2.33. The van der Waals surface area contributed by atoms with E-state index in [-0.39, 0.29) is 17.9 Å². The summed E-state index contributed by atoms with van der Waals surface area (Å²) in [6, 6.07) is 6.21. The van der Waals surface area contributed by atoms with Crippen LogP contribution >= 0.6 is 11.3 Å². The summed E-state index contributed by atoms with van der Waals surface area (Å²) >= 11 is 1.65. The summed E-state index contributed by atoms with van der Waals surface area (Å²) in [5, 5.41) is 3.78. The van der Waals surface area contributed by atoms with E-state index in [9.17, 15) is 9.59 Å². The molecule has 0 atom stereocenters. The monoisotopic (exact) mass is 436 g/mol. The number of rotatable bonds is 5. The molecule has 1 aliphatic carbocycles. The predicted octanol–water partition coefficient (Wildman–Crippen LogP) is 4.27. The zero-order valence-electron chi connectivity index (χ0n) is 17.9. The molecule has 1 saturated heterocycles. The first kappa shape index (κ1) is 20.2. The van der Waals surface area contributed by atoms with Gasteiger partial charge in [0.25, 0.3) is 5.56 Å². The molecule has 2 aromatic heterocycles. The number of carbonyl (C=O) groups is 1. The smallest absolute Gasteiger partial charge is 0.262 e. The zero-order valence-corrected chi connectivity index (χ0v) is 18.8. The number of aryl methyl sites for hydroxylation is 4. The fourth-order valence-corrected chi connectivity index (χ4v) is 5.95. The van der Waals surface area contributed by atoms with Crippen molar-refractivity contribution in [2.75, 3.05) is 23.3 Å². The van der Waals surface area contributed by atoms with E-state index in [0.29, 0.717) is 6.54 Å². The Labute approximate surface area is 185 Å². The van der Waals surface area contributed by atoms with Crippen LogP contribution in [0.4, 0.5) is 11.4 Å². The first-order valence-corrected chi connectivity index (χ1v) is 12.1. The van der Waals surface area contributed by atoms with Crippen LogP contribution in [-0.4, -0.2) is 28.5 Å². The highest BCUT2D eigenvalue weighted by atomic mass is 32.1. The van der Waals surface area contributed by atoms with Gasteiger partial charge in [0.15, 0.2) is 0 Å². The van der Waals surface area contributed by atoms with Crippen molar-refractivity contribution >= 4 is 38.8 Å². The zero-order chi connectivity index (χ0) is 21.4. The lowest BCUT2D eigenvalue weighted by atomic mass is 9.97. The van der Waals surface area contributed by atoms with E-state index in [1.54, 1.807) is 22.2 Å². The third kappa shape index (κ3) is 3.99. The molecular weight excluding hydrogens is 408 g/mol. The van der Waals surface area contributed by atoms with Gasteiger partial charge in [0.05, 0.1) is 11.7 Å². The minimum absolute atomic E-state index is 0.0108. The van der Waals surface area contributed by atoms with Crippen LogP contribution in [0.15, 0.2) is 29.3 Å². The largest absolute Gasteiger partial charge is 0.372 e. The number of fused-ring (bicyclic) bond motifs is 3. The third-order valence-electron chi connectivity index (χ3n) is 6.48. The molecule has 0 radical (unpaired) electrons. The van der Waals surface area contributed by atoms with Crippen molar-refractivity contribution in [3.63, 3.8) is 0 Å². The second kappa shape index (κ2) is 8.46. The maximum absolute atomic E-state index is 13.0. The number of amides is 1. The van der Waals surface area contributed by atoms with E-state index < -0.39 is 0 Å². The molecule has 1 amide bonds. The molecule has 6 nitrogen and oxygen atoms in total. The van der Waals surface area contributed by atoms with Crippen molar-refractivity contribution in [1.29, 1.82) is 0 Å². The molecule has 5 rings (SSSR count). The molecule has 2 aliphatic rings. The number of nitrogens with zero attached hydrogens (tertiary/aromatic N) is 3. The normalized spacial score (nSPS) is 16.0. The van der Waals surface area contributed by atoms with Gasteiger partial charge in [-0.1, -0.05) is 0 Å². The fourth-order valence-electron chi connectivity index (χ4n) is 4.74. The van der Waals surface area contributed by atoms with Crippen molar-refractivity contribution in [3.8, 4) is 0 Å². The summed E-state index contributed by atoms with van der Waals surface area (Å²) in [4.78, 5) is 34.7. The summed E-state index contributed by atoms with van der Waals surface area (Å²) < 4.78 is 1.59. The number of benzene rings is 1. The van der Waals surface area contributed by atoms with Gasteiger partial charge in [-0.2, -0.15) is 0 Å². The molecule has 3 heterocycles. The van der Waals surface area contributed by atoms with Gasteiger partial charge in [0.1, 0.15) is 4.83 Å². The Hall–Kier alpha value is -2.67. The molecule has 1 fully saturated rings. The van der Waals surface area contributed by atoms with E-state index in [4.69, 9.17) is 0 Å². The molecule has 7 heteroatoms. The van der Waals surface area contributed by atoms with Crippen molar-refractivity contribution < 1.29 is 4.79 Å². The van der Waals surface area contributed by atoms with Crippen molar-refractivity contribution in [1.82, 2.24) is 9.55 Å². The minimum atomic E-state index is -0.0867. The van der Waals surface area contributed by atoms with Crippen LogP contribution in [0.3, 0.4) is 0 Å². The Morgan fingerprint density at radius 1 is 1.16 bits per heavy atom. The number of nitrogens with one attached hydrogen (secondary N) is 1. The lowest BCUT2D eigenvalue weighted by Gasteiger charge is -2.19. The summed E-state index contributed by atoms with van der Waals surface area (Å²) in [5.74, 6) is -0.0867. The quantitative estimate of drug-likeness (QED) is 0.648. The van der Waals surface area contributed by atoms with Gasteiger partial charge in [0, 0.05) is 42.3 Å². The fraction of sp³-hybridized carbons (Fsp3) is 0.458. The van der Waals surface area contributed by atoms with Crippen LogP contribution in [-0.2, 0) is 24.2 Å². The lowest BCUT2D eigenvalue weighted by Crippen LogP contribution is -2.24. The van der Waals surface area contributed by atoms with Crippen molar-refractivity contribution in [2.45, 2.75) is 58.4 Å². The maximum atomic E-state index is 13.0. The molecule has 31 heavy (non-hydrogen) atoms. The van der Waals surface area contributed by atoms with Crippen LogP contribution < -0.4 is 15.8 Å². The molecule has 1 aliphatic heterocycles. The van der Waals surface area contributed by atoms with Crippen LogP contribution in [0.5, 0.6) is 0 Å². The molecule has 1 N–H and O–H groups in total. The second-order valence-corrected chi connectivity index (χ2v) is 9.71. The van der Waals surface area contributed by atoms with E-state index in [1.807, 2.05) is 13.0 Å². The number of hydrogen-bond donors (Lipinski definition) is 1. The van der Waals surface area contributed by atoms with Gasteiger partial charge in [-0.05, 0) is 74.8 Å². The standard InChI is InChI=1S/C24H28N4O2S/c1-16-14-17(27-11-4-5-12-27)8-9-19(16)26-21(29)10-13-28-15-25-23-22(24(28)30)18-6-2-3-7-20(18)31-23/h8-9,14-15H,2-7,10-13H2,1H3,(H,26,29). The van der Waals surface area contributed by atoms with E-state index in [2.05, 4.69) is 27.3 Å². The molecule has 1 aromatic carbocycles. The Balaban J connectivity index is 1.27. The summed E-state index contributed by atoms with van der Waals surface area (Å²) in [6.45, 7) is 4.57. The number of thiophene rings is 1. The average molecular weight is 437 g/mol. The van der Waals surface area contributed by atoms with Crippen molar-refractivity contribution in [3.05, 3.63) is 50.9 Å². The topological polar surface area (TPSA) is 67.2 Å². The van der Waals surface area contributed by atoms with Gasteiger partial charge in [-0.3, -0.25) is 14.2 Å². The van der Waals surface area contributed by atoms with E-state index in [1.165, 1.54) is 35.4 Å². The summed E-state index contributed by atoms with van der Waals surface area (Å²) in [5.41, 5.74) is 4.29. The Kier molecular flexibility index (Phi) is 5.52.